The summed E-state index contributed by atoms with van der Waals surface area (Å²) in [6.45, 7) is 2.56. The Morgan fingerprint density at radius 3 is 2.55 bits per heavy atom. The highest BCUT2D eigenvalue weighted by atomic mass is 16.5. The average molecular weight is 426 g/mol. The number of hydrogen-bond acceptors (Lipinski definition) is 4. The summed E-state index contributed by atoms with van der Waals surface area (Å²) in [7, 11) is 0. The monoisotopic (exact) mass is 425 g/mol. The van der Waals surface area contributed by atoms with E-state index in [0.29, 0.717) is 31.9 Å². The standard InChI is InChI=1S/C24H31N3O4/c28-22(25-18-3-1-2-4-18)16-5-6-20-19(13-16)21(23(29)26-20)15-7-10-27(11-8-15)24(30)17-9-12-31-14-17/h5-6,13,15,17-18,21H,1-4,7-12,14H2,(H,25,28)(H,26,29). The summed E-state index contributed by atoms with van der Waals surface area (Å²) in [5.74, 6) is 0.0787. The number of anilines is 1. The Hall–Kier alpha value is -2.41. The molecule has 3 amide bonds. The first-order valence-electron chi connectivity index (χ1n) is 11.7. The third-order valence-electron chi connectivity index (χ3n) is 7.48. The van der Waals surface area contributed by atoms with Crippen molar-refractivity contribution >= 4 is 23.4 Å². The number of ether oxygens (including phenoxy) is 1. The second-order valence-electron chi connectivity index (χ2n) is 9.45. The summed E-state index contributed by atoms with van der Waals surface area (Å²) in [6, 6.07) is 5.82. The summed E-state index contributed by atoms with van der Waals surface area (Å²) in [6.07, 6.45) is 6.84. The molecule has 3 fully saturated rings. The number of carbonyl (C=O) groups excluding carboxylic acids is 3. The molecule has 0 spiro atoms. The molecule has 3 aliphatic heterocycles. The molecule has 7 heteroatoms. The molecule has 3 heterocycles. The first kappa shape index (κ1) is 20.5. The van der Waals surface area contributed by atoms with Crippen molar-refractivity contribution in [2.75, 3.05) is 31.6 Å². The van der Waals surface area contributed by atoms with Crippen LogP contribution in [0.1, 0.15) is 66.8 Å². The van der Waals surface area contributed by atoms with Crippen LogP contribution in [0.2, 0.25) is 0 Å². The van der Waals surface area contributed by atoms with Gasteiger partial charge in [0, 0.05) is 37.0 Å². The van der Waals surface area contributed by atoms with Crippen molar-refractivity contribution in [1.82, 2.24) is 10.2 Å². The minimum Gasteiger partial charge on any atom is -0.381 e. The number of nitrogens with one attached hydrogen (secondary N) is 2. The van der Waals surface area contributed by atoms with Crippen LogP contribution in [0.25, 0.3) is 0 Å². The van der Waals surface area contributed by atoms with Crippen molar-refractivity contribution in [3.8, 4) is 0 Å². The smallest absolute Gasteiger partial charge is 0.251 e. The fraction of sp³-hybridized carbons (Fsp3) is 0.625. The number of hydrogen-bond donors (Lipinski definition) is 2. The molecule has 0 bridgehead atoms. The lowest BCUT2D eigenvalue weighted by Crippen LogP contribution is -2.43. The zero-order valence-electron chi connectivity index (χ0n) is 17.9. The van der Waals surface area contributed by atoms with Crippen molar-refractivity contribution in [3.63, 3.8) is 0 Å². The van der Waals surface area contributed by atoms with Gasteiger partial charge in [-0.25, -0.2) is 0 Å². The molecule has 2 N–H and O–H groups in total. The van der Waals surface area contributed by atoms with Gasteiger partial charge >= 0.3 is 0 Å². The molecule has 1 aromatic carbocycles. The lowest BCUT2D eigenvalue weighted by molar-refractivity contribution is -0.137. The Morgan fingerprint density at radius 1 is 1.06 bits per heavy atom. The Bertz CT molecular complexity index is 866. The first-order valence-corrected chi connectivity index (χ1v) is 11.7. The SMILES string of the molecule is O=C(NC1CCCC1)c1ccc2c(c1)C(C1CCN(C(=O)C3CCOC3)CC1)C(=O)N2. The highest BCUT2D eigenvalue weighted by molar-refractivity contribution is 6.05. The highest BCUT2D eigenvalue weighted by Crippen LogP contribution is 2.42. The molecular formula is C24H31N3O4. The van der Waals surface area contributed by atoms with Crippen LogP contribution in [0, 0.1) is 11.8 Å². The molecule has 0 aromatic heterocycles. The van der Waals surface area contributed by atoms with E-state index >= 15 is 0 Å². The normalized spacial score (nSPS) is 26.7. The summed E-state index contributed by atoms with van der Waals surface area (Å²) < 4.78 is 5.36. The summed E-state index contributed by atoms with van der Waals surface area (Å²) in [5.41, 5.74) is 2.37. The molecule has 2 atom stereocenters. The number of fused-ring (bicyclic) bond motifs is 1. The van der Waals surface area contributed by atoms with Gasteiger partial charge in [0.1, 0.15) is 0 Å². The summed E-state index contributed by atoms with van der Waals surface area (Å²) in [4.78, 5) is 40.2. The van der Waals surface area contributed by atoms with Crippen molar-refractivity contribution in [2.24, 2.45) is 11.8 Å². The molecule has 0 radical (unpaired) electrons. The van der Waals surface area contributed by atoms with Crippen LogP contribution < -0.4 is 10.6 Å². The number of benzene rings is 1. The number of amides is 3. The van der Waals surface area contributed by atoms with E-state index in [4.69, 9.17) is 4.74 Å². The molecule has 5 rings (SSSR count). The maximum Gasteiger partial charge on any atom is 0.251 e. The first-order chi connectivity index (χ1) is 15.1. The average Bonchev–Trinajstić information content (AvgIpc) is 3.54. The lowest BCUT2D eigenvalue weighted by Gasteiger charge is -2.35. The largest absolute Gasteiger partial charge is 0.381 e. The molecule has 4 aliphatic rings. The Morgan fingerprint density at radius 2 is 1.84 bits per heavy atom. The maximum absolute atomic E-state index is 12.8. The van der Waals surface area contributed by atoms with E-state index in [2.05, 4.69) is 10.6 Å². The molecule has 166 valence electrons. The second kappa shape index (κ2) is 8.61. The summed E-state index contributed by atoms with van der Waals surface area (Å²) in [5, 5.41) is 6.13. The quantitative estimate of drug-likeness (QED) is 0.776. The fourth-order valence-corrected chi connectivity index (χ4v) is 5.67. The van der Waals surface area contributed by atoms with Crippen LogP contribution in [-0.2, 0) is 14.3 Å². The van der Waals surface area contributed by atoms with Gasteiger partial charge in [0.25, 0.3) is 5.91 Å². The molecule has 31 heavy (non-hydrogen) atoms. The van der Waals surface area contributed by atoms with Gasteiger partial charge in [0.2, 0.25) is 11.8 Å². The molecule has 1 aromatic rings. The van der Waals surface area contributed by atoms with Gasteiger partial charge in [-0.05, 0) is 61.8 Å². The van der Waals surface area contributed by atoms with Crippen LogP contribution in [0.3, 0.4) is 0 Å². The van der Waals surface area contributed by atoms with Crippen LogP contribution in [0.15, 0.2) is 18.2 Å². The number of nitrogens with zero attached hydrogens (tertiary/aromatic N) is 1. The Labute approximate surface area is 182 Å². The Balaban J connectivity index is 1.26. The maximum atomic E-state index is 12.8. The predicted octanol–water partition coefficient (Wildman–Crippen LogP) is 2.67. The third-order valence-corrected chi connectivity index (χ3v) is 7.48. The van der Waals surface area contributed by atoms with E-state index in [-0.39, 0.29) is 41.5 Å². The van der Waals surface area contributed by atoms with Crippen molar-refractivity contribution in [3.05, 3.63) is 29.3 Å². The van der Waals surface area contributed by atoms with Crippen molar-refractivity contribution < 1.29 is 19.1 Å². The minimum atomic E-state index is -0.249. The van der Waals surface area contributed by atoms with E-state index in [1.807, 2.05) is 17.0 Å². The van der Waals surface area contributed by atoms with E-state index in [1.165, 1.54) is 12.8 Å². The van der Waals surface area contributed by atoms with Crippen molar-refractivity contribution in [2.45, 2.75) is 56.9 Å². The topological polar surface area (TPSA) is 87.7 Å². The zero-order valence-corrected chi connectivity index (χ0v) is 17.9. The molecule has 2 unspecified atom stereocenters. The van der Waals surface area contributed by atoms with Crippen LogP contribution in [-0.4, -0.2) is 55.0 Å². The molecular weight excluding hydrogens is 394 g/mol. The van der Waals surface area contributed by atoms with Gasteiger partial charge in [-0.15, -0.1) is 0 Å². The molecule has 1 aliphatic carbocycles. The van der Waals surface area contributed by atoms with Gasteiger partial charge in [0.15, 0.2) is 0 Å². The summed E-state index contributed by atoms with van der Waals surface area (Å²) >= 11 is 0. The van der Waals surface area contributed by atoms with Crippen LogP contribution >= 0.6 is 0 Å². The third kappa shape index (κ3) is 4.07. The number of rotatable bonds is 4. The molecule has 1 saturated carbocycles. The van der Waals surface area contributed by atoms with Gasteiger partial charge in [0.05, 0.1) is 18.4 Å². The predicted molar refractivity (Wildman–Crippen MR) is 116 cm³/mol. The van der Waals surface area contributed by atoms with Gasteiger partial charge in [-0.1, -0.05) is 12.8 Å². The number of likely N-dealkylation sites (tertiary alicyclic amines) is 1. The van der Waals surface area contributed by atoms with Crippen LogP contribution in [0.4, 0.5) is 5.69 Å². The lowest BCUT2D eigenvalue weighted by atomic mass is 9.80. The zero-order chi connectivity index (χ0) is 21.4. The van der Waals surface area contributed by atoms with Gasteiger partial charge in [-0.2, -0.15) is 0 Å². The minimum absolute atomic E-state index is 0.00649. The molecule has 7 nitrogen and oxygen atoms in total. The number of carbonyl (C=O) groups is 3. The van der Waals surface area contributed by atoms with E-state index in [1.54, 1.807) is 6.07 Å². The van der Waals surface area contributed by atoms with Gasteiger partial charge in [-0.3, -0.25) is 14.4 Å². The van der Waals surface area contributed by atoms with E-state index in [0.717, 1.165) is 43.4 Å². The van der Waals surface area contributed by atoms with E-state index in [9.17, 15) is 14.4 Å². The number of piperidine rings is 1. The van der Waals surface area contributed by atoms with Gasteiger partial charge < -0.3 is 20.3 Å². The Kier molecular flexibility index (Phi) is 5.69. The van der Waals surface area contributed by atoms with Crippen LogP contribution in [0.5, 0.6) is 0 Å². The highest BCUT2D eigenvalue weighted by Gasteiger charge is 2.40. The second-order valence-corrected chi connectivity index (χ2v) is 9.45. The van der Waals surface area contributed by atoms with E-state index < -0.39 is 0 Å². The van der Waals surface area contributed by atoms with Crippen molar-refractivity contribution in [1.29, 1.82) is 0 Å². The fourth-order valence-electron chi connectivity index (χ4n) is 5.67. The molecule has 2 saturated heterocycles.